The van der Waals surface area contributed by atoms with Crippen LogP contribution in [0.25, 0.3) is 10.8 Å². The van der Waals surface area contributed by atoms with E-state index in [0.717, 1.165) is 27.3 Å². The molecule has 0 saturated heterocycles. The molecule has 1 aliphatic rings. The maximum atomic E-state index is 10.6. The van der Waals surface area contributed by atoms with Gasteiger partial charge in [-0.3, -0.25) is 5.41 Å². The zero-order chi connectivity index (χ0) is 23.6. The average Bonchev–Trinajstić information content (AvgIpc) is 3.07. The minimum atomic E-state index is -5.08. The molecule has 3 aromatic carbocycles. The second-order valence-electron chi connectivity index (χ2n) is 7.40. The fourth-order valence-electron chi connectivity index (χ4n) is 3.69. The predicted molar refractivity (Wildman–Crippen MR) is 124 cm³/mol. The van der Waals surface area contributed by atoms with Crippen molar-refractivity contribution in [3.05, 3.63) is 75.2 Å². The summed E-state index contributed by atoms with van der Waals surface area (Å²) < 4.78 is 32.9. The number of carboxylic acid groups (broad SMARTS) is 1. The van der Waals surface area contributed by atoms with Crippen molar-refractivity contribution in [3.63, 3.8) is 0 Å². The Morgan fingerprint density at radius 2 is 1.78 bits per heavy atom. The molecule has 4 nitrogen and oxygen atoms in total. The van der Waals surface area contributed by atoms with E-state index in [1.54, 1.807) is 0 Å². The molecule has 0 amide bonds. The fraction of sp³-hybridized carbons (Fsp3) is 0.217. The molecule has 1 aliphatic heterocycles. The molecule has 1 atom stereocenters. The van der Waals surface area contributed by atoms with Crippen LogP contribution in [0.4, 0.5) is 18.9 Å². The average molecular weight is 528 g/mol. The summed E-state index contributed by atoms with van der Waals surface area (Å²) in [5.41, 5.74) is 3.62. The molecule has 2 N–H and O–H groups in total. The number of fused-ring (bicyclic) bond motifs is 3. The molecule has 0 bridgehead atoms. The molecule has 0 spiro atoms. The van der Waals surface area contributed by atoms with Crippen molar-refractivity contribution in [1.82, 2.24) is 0 Å². The number of aliphatic carboxylic acids is 1. The number of amidine groups is 1. The monoisotopic (exact) mass is 526 g/mol. The van der Waals surface area contributed by atoms with Crippen LogP contribution in [0.5, 0.6) is 0 Å². The first-order chi connectivity index (χ1) is 15.0. The highest BCUT2D eigenvalue weighted by Gasteiger charge is 2.38. The van der Waals surface area contributed by atoms with Gasteiger partial charge >= 0.3 is 12.1 Å². The smallest absolute Gasteiger partial charge is 0.475 e. The highest BCUT2D eigenvalue weighted by molar-refractivity contribution is 9.10. The first-order valence-corrected chi connectivity index (χ1v) is 10.8. The van der Waals surface area contributed by atoms with Crippen LogP contribution in [-0.4, -0.2) is 29.6 Å². The first-order valence-electron chi connectivity index (χ1n) is 9.59. The molecule has 3 aromatic rings. The molecule has 1 heterocycles. The van der Waals surface area contributed by atoms with Crippen molar-refractivity contribution in [2.75, 3.05) is 11.4 Å². The van der Waals surface area contributed by atoms with E-state index in [9.17, 15) is 13.2 Å². The lowest BCUT2D eigenvalue weighted by atomic mass is 9.96. The lowest BCUT2D eigenvalue weighted by Crippen LogP contribution is -2.30. The van der Waals surface area contributed by atoms with Gasteiger partial charge in [-0.25, -0.2) is 4.79 Å². The Morgan fingerprint density at radius 3 is 2.38 bits per heavy atom. The maximum absolute atomic E-state index is 10.6. The number of carbonyl (C=O) groups is 1. The number of benzene rings is 3. The minimum absolute atomic E-state index is 0.401. The summed E-state index contributed by atoms with van der Waals surface area (Å²) in [4.78, 5) is 11.0. The normalized spacial score (nSPS) is 15.2. The van der Waals surface area contributed by atoms with Gasteiger partial charge in [-0.05, 0) is 46.2 Å². The number of carboxylic acids is 1. The molecular formula is C23H19BrClF3N2O2. The van der Waals surface area contributed by atoms with Crippen molar-refractivity contribution >= 4 is 55.8 Å². The molecule has 0 aromatic heterocycles. The van der Waals surface area contributed by atoms with Gasteiger partial charge in [0.25, 0.3) is 0 Å². The molecule has 9 heteroatoms. The lowest BCUT2D eigenvalue weighted by Gasteiger charge is -2.21. The van der Waals surface area contributed by atoms with Crippen LogP contribution < -0.4 is 4.90 Å². The molecule has 168 valence electrons. The van der Waals surface area contributed by atoms with Gasteiger partial charge in [-0.1, -0.05) is 64.8 Å². The minimum Gasteiger partial charge on any atom is -0.475 e. The third kappa shape index (κ3) is 5.24. The van der Waals surface area contributed by atoms with Gasteiger partial charge in [0.2, 0.25) is 0 Å². The Balaban J connectivity index is 0.000000360. The number of rotatable bonds is 2. The topological polar surface area (TPSA) is 64.4 Å². The Labute approximate surface area is 196 Å². The van der Waals surface area contributed by atoms with Gasteiger partial charge in [-0.15, -0.1) is 0 Å². The summed E-state index contributed by atoms with van der Waals surface area (Å²) in [6.45, 7) is 3.10. The van der Waals surface area contributed by atoms with Crippen LogP contribution in [0.1, 0.15) is 24.0 Å². The quantitative estimate of drug-likeness (QED) is 0.278. The van der Waals surface area contributed by atoms with E-state index in [0.29, 0.717) is 18.2 Å². The lowest BCUT2D eigenvalue weighted by molar-refractivity contribution is -0.192. The fourth-order valence-corrected chi connectivity index (χ4v) is 4.32. The number of halogens is 5. The van der Waals surface area contributed by atoms with E-state index in [4.69, 9.17) is 26.9 Å². The summed E-state index contributed by atoms with van der Waals surface area (Å²) in [6, 6.07) is 18.4. The van der Waals surface area contributed by atoms with Gasteiger partial charge in [0.1, 0.15) is 5.84 Å². The molecule has 0 fully saturated rings. The van der Waals surface area contributed by atoms with Crippen molar-refractivity contribution in [2.45, 2.75) is 25.4 Å². The first kappa shape index (κ1) is 24.1. The second-order valence-corrected chi connectivity index (χ2v) is 8.69. The van der Waals surface area contributed by atoms with Crippen molar-refractivity contribution in [1.29, 1.82) is 5.41 Å². The Kier molecular flexibility index (Phi) is 7.15. The van der Waals surface area contributed by atoms with Crippen LogP contribution in [0.15, 0.2) is 59.1 Å². The zero-order valence-electron chi connectivity index (χ0n) is 16.9. The Morgan fingerprint density at radius 1 is 1.16 bits per heavy atom. The van der Waals surface area contributed by atoms with Gasteiger partial charge in [0.05, 0.1) is 0 Å². The van der Waals surface area contributed by atoms with E-state index in [-0.39, 0.29) is 0 Å². The zero-order valence-corrected chi connectivity index (χ0v) is 19.2. The largest absolute Gasteiger partial charge is 0.490 e. The number of anilines is 1. The van der Waals surface area contributed by atoms with E-state index in [1.807, 2.05) is 24.3 Å². The highest BCUT2D eigenvalue weighted by atomic mass is 79.9. The SMILES string of the molecule is CC1CN(C(=N)Cc2ccc(Cl)cc2)c2ccc3c(Br)cccc3c21.O=C(O)C(F)(F)F. The van der Waals surface area contributed by atoms with Gasteiger partial charge in [-0.2, -0.15) is 13.2 Å². The van der Waals surface area contributed by atoms with E-state index in [1.165, 1.54) is 16.3 Å². The van der Waals surface area contributed by atoms with Crippen LogP contribution in [0.3, 0.4) is 0 Å². The summed E-state index contributed by atoms with van der Waals surface area (Å²) in [5.74, 6) is -1.73. The molecule has 4 rings (SSSR count). The van der Waals surface area contributed by atoms with Crippen molar-refractivity contribution in [3.8, 4) is 0 Å². The summed E-state index contributed by atoms with van der Waals surface area (Å²) in [5, 5.41) is 19.0. The molecule has 0 radical (unpaired) electrons. The third-order valence-corrected chi connectivity index (χ3v) is 6.06. The molecular weight excluding hydrogens is 509 g/mol. The second kappa shape index (κ2) is 9.50. The third-order valence-electron chi connectivity index (χ3n) is 5.12. The number of hydrogen-bond donors (Lipinski definition) is 2. The van der Waals surface area contributed by atoms with Gasteiger partial charge < -0.3 is 10.0 Å². The summed E-state index contributed by atoms with van der Waals surface area (Å²) in [7, 11) is 0. The van der Waals surface area contributed by atoms with E-state index < -0.39 is 12.1 Å². The van der Waals surface area contributed by atoms with E-state index >= 15 is 0 Å². The van der Waals surface area contributed by atoms with Gasteiger partial charge in [0.15, 0.2) is 0 Å². The molecule has 1 unspecified atom stereocenters. The van der Waals surface area contributed by atoms with Gasteiger partial charge in [0, 0.05) is 34.1 Å². The number of nitrogens with zero attached hydrogens (tertiary/aromatic N) is 1. The molecule has 0 aliphatic carbocycles. The Bertz CT molecular complexity index is 1170. The van der Waals surface area contributed by atoms with E-state index in [2.05, 4.69) is 58.1 Å². The number of hydrogen-bond acceptors (Lipinski definition) is 2. The Hall–Kier alpha value is -2.58. The van der Waals surface area contributed by atoms with Crippen LogP contribution in [-0.2, 0) is 11.2 Å². The maximum Gasteiger partial charge on any atom is 0.490 e. The summed E-state index contributed by atoms with van der Waals surface area (Å²) >= 11 is 9.61. The van der Waals surface area contributed by atoms with Crippen molar-refractivity contribution in [2.24, 2.45) is 0 Å². The number of nitrogens with one attached hydrogen (secondary N) is 1. The van der Waals surface area contributed by atoms with Crippen LogP contribution in [0, 0.1) is 5.41 Å². The molecule has 32 heavy (non-hydrogen) atoms. The highest BCUT2D eigenvalue weighted by Crippen LogP contribution is 2.42. The van der Waals surface area contributed by atoms with Crippen LogP contribution >= 0.6 is 27.5 Å². The summed E-state index contributed by atoms with van der Waals surface area (Å²) in [6.07, 6.45) is -4.47. The van der Waals surface area contributed by atoms with Crippen LogP contribution in [0.2, 0.25) is 5.02 Å². The molecule has 0 saturated carbocycles. The predicted octanol–water partition coefficient (Wildman–Crippen LogP) is 7.03. The van der Waals surface area contributed by atoms with Crippen molar-refractivity contribution < 1.29 is 23.1 Å². The number of alkyl halides is 3. The standard InChI is InChI=1S/C21H18BrClN2.C2HF3O2/c1-13-12-25(20(24)11-14-5-7-15(23)8-6-14)19-10-9-16-17(21(13)19)3-2-4-18(16)22;3-2(4,5)1(6)7/h2-10,13,24H,11-12H2,1H3;(H,6,7).